The van der Waals surface area contributed by atoms with Crippen molar-refractivity contribution in [2.24, 2.45) is 5.92 Å². The van der Waals surface area contributed by atoms with E-state index in [1.165, 1.54) is 0 Å². The van der Waals surface area contributed by atoms with Gasteiger partial charge in [0.1, 0.15) is 0 Å². The Bertz CT molecular complexity index is 426. The predicted octanol–water partition coefficient (Wildman–Crippen LogP) is 1.06. The van der Waals surface area contributed by atoms with Gasteiger partial charge in [0.05, 0.1) is 5.92 Å². The summed E-state index contributed by atoms with van der Waals surface area (Å²) in [6, 6.07) is 1.96. The van der Waals surface area contributed by atoms with Gasteiger partial charge in [0.25, 0.3) is 0 Å². The molecule has 2 heterocycles. The number of rotatable bonds is 2. The number of aromatic nitrogens is 2. The average molecular weight is 248 g/mol. The Morgan fingerprint density at radius 2 is 2.06 bits per heavy atom. The van der Waals surface area contributed by atoms with E-state index in [0.29, 0.717) is 6.54 Å². The van der Waals surface area contributed by atoms with Gasteiger partial charge in [-0.3, -0.25) is 4.79 Å². The molecule has 1 aliphatic rings. The summed E-state index contributed by atoms with van der Waals surface area (Å²) in [7, 11) is 1.69. The van der Waals surface area contributed by atoms with Crippen LogP contribution in [0.5, 0.6) is 0 Å². The highest BCUT2D eigenvalue weighted by Gasteiger charge is 2.26. The Morgan fingerprint density at radius 3 is 2.67 bits per heavy atom. The number of amides is 1. The second-order valence-electron chi connectivity index (χ2n) is 4.85. The number of piperidine rings is 1. The first kappa shape index (κ1) is 12.8. The Balaban J connectivity index is 2.15. The highest BCUT2D eigenvalue weighted by Crippen LogP contribution is 2.21. The van der Waals surface area contributed by atoms with Gasteiger partial charge in [-0.2, -0.15) is 0 Å². The second-order valence-corrected chi connectivity index (χ2v) is 4.85. The number of carbonyl (C=O) groups is 1. The summed E-state index contributed by atoms with van der Waals surface area (Å²) < 4.78 is 0. The van der Waals surface area contributed by atoms with Crippen LogP contribution < -0.4 is 10.2 Å². The third-order valence-electron chi connectivity index (χ3n) is 3.29. The highest BCUT2D eigenvalue weighted by atomic mass is 16.1. The van der Waals surface area contributed by atoms with Crippen molar-refractivity contribution in [3.8, 4) is 0 Å². The van der Waals surface area contributed by atoms with Crippen molar-refractivity contribution in [3.05, 3.63) is 17.5 Å². The summed E-state index contributed by atoms with van der Waals surface area (Å²) in [5.41, 5.74) is 1.94. The first-order valence-electron chi connectivity index (χ1n) is 6.39. The molecule has 18 heavy (non-hydrogen) atoms. The average Bonchev–Trinajstić information content (AvgIpc) is 2.37. The van der Waals surface area contributed by atoms with Gasteiger partial charge in [-0.15, -0.1) is 0 Å². The molecule has 2 rings (SSSR count). The molecule has 1 saturated heterocycles. The number of carbonyl (C=O) groups excluding carboxylic acids is 1. The molecule has 5 nitrogen and oxygen atoms in total. The van der Waals surface area contributed by atoms with Crippen molar-refractivity contribution < 1.29 is 4.79 Å². The molecule has 1 N–H and O–H groups in total. The fourth-order valence-corrected chi connectivity index (χ4v) is 2.43. The molecule has 1 fully saturated rings. The van der Waals surface area contributed by atoms with Crippen LogP contribution in [0.4, 0.5) is 5.95 Å². The Hall–Kier alpha value is -1.65. The second kappa shape index (κ2) is 5.33. The minimum Gasteiger partial charge on any atom is -0.359 e. The van der Waals surface area contributed by atoms with Crippen molar-refractivity contribution in [1.82, 2.24) is 15.3 Å². The van der Waals surface area contributed by atoms with E-state index in [-0.39, 0.29) is 11.8 Å². The topological polar surface area (TPSA) is 58.1 Å². The molecule has 0 aliphatic carbocycles. The summed E-state index contributed by atoms with van der Waals surface area (Å²) in [4.78, 5) is 22.7. The van der Waals surface area contributed by atoms with Crippen LogP contribution in [0, 0.1) is 19.8 Å². The standard InChI is InChI=1S/C13H20N4O/c1-9-7-10(2)16-13(15-9)17-6-4-5-11(8-17)12(18)14-3/h7,11H,4-6,8H2,1-3H3,(H,14,18)/t11-/m0/s1. The summed E-state index contributed by atoms with van der Waals surface area (Å²) in [5, 5.41) is 2.72. The van der Waals surface area contributed by atoms with Gasteiger partial charge in [-0.25, -0.2) is 9.97 Å². The Labute approximate surface area is 108 Å². The van der Waals surface area contributed by atoms with Gasteiger partial charge in [0, 0.05) is 31.5 Å². The lowest BCUT2D eigenvalue weighted by atomic mass is 9.97. The monoisotopic (exact) mass is 248 g/mol. The maximum Gasteiger partial charge on any atom is 0.225 e. The molecule has 0 saturated carbocycles. The van der Waals surface area contributed by atoms with E-state index in [0.717, 1.165) is 36.7 Å². The fourth-order valence-electron chi connectivity index (χ4n) is 2.43. The van der Waals surface area contributed by atoms with E-state index in [1.807, 2.05) is 19.9 Å². The minimum absolute atomic E-state index is 0.0492. The maximum absolute atomic E-state index is 11.7. The van der Waals surface area contributed by atoms with Crippen molar-refractivity contribution in [2.75, 3.05) is 25.0 Å². The molecule has 1 atom stereocenters. The third kappa shape index (κ3) is 2.78. The molecular formula is C13H20N4O. The molecule has 1 aliphatic heterocycles. The summed E-state index contributed by atoms with van der Waals surface area (Å²) >= 11 is 0. The number of hydrogen-bond donors (Lipinski definition) is 1. The zero-order valence-electron chi connectivity index (χ0n) is 11.2. The quantitative estimate of drug-likeness (QED) is 0.850. The molecular weight excluding hydrogens is 228 g/mol. The van der Waals surface area contributed by atoms with Gasteiger partial charge >= 0.3 is 0 Å². The molecule has 1 amide bonds. The zero-order chi connectivity index (χ0) is 13.1. The minimum atomic E-state index is 0.0492. The van der Waals surface area contributed by atoms with Crippen LogP contribution in [0.25, 0.3) is 0 Å². The third-order valence-corrected chi connectivity index (χ3v) is 3.29. The largest absolute Gasteiger partial charge is 0.359 e. The van der Waals surface area contributed by atoms with Gasteiger partial charge in [0.2, 0.25) is 11.9 Å². The van der Waals surface area contributed by atoms with Crippen LogP contribution in [0.2, 0.25) is 0 Å². The van der Waals surface area contributed by atoms with Crippen LogP contribution in [0.3, 0.4) is 0 Å². The SMILES string of the molecule is CNC(=O)[C@H]1CCCN(c2nc(C)cc(C)n2)C1. The number of hydrogen-bond acceptors (Lipinski definition) is 4. The van der Waals surface area contributed by atoms with Gasteiger partial charge < -0.3 is 10.2 Å². The first-order chi connectivity index (χ1) is 8.60. The Morgan fingerprint density at radius 1 is 1.39 bits per heavy atom. The van der Waals surface area contributed by atoms with Gasteiger partial charge in [-0.05, 0) is 32.8 Å². The molecule has 0 aromatic carbocycles. The van der Waals surface area contributed by atoms with E-state index in [2.05, 4.69) is 20.2 Å². The predicted molar refractivity (Wildman–Crippen MR) is 70.5 cm³/mol. The van der Waals surface area contributed by atoms with Crippen molar-refractivity contribution >= 4 is 11.9 Å². The fraction of sp³-hybridized carbons (Fsp3) is 0.615. The van der Waals surface area contributed by atoms with Crippen molar-refractivity contribution in [2.45, 2.75) is 26.7 Å². The number of nitrogens with zero attached hydrogens (tertiary/aromatic N) is 3. The first-order valence-corrected chi connectivity index (χ1v) is 6.39. The lowest BCUT2D eigenvalue weighted by Crippen LogP contribution is -2.43. The van der Waals surface area contributed by atoms with E-state index >= 15 is 0 Å². The maximum atomic E-state index is 11.7. The zero-order valence-corrected chi connectivity index (χ0v) is 11.2. The molecule has 98 valence electrons. The molecule has 0 bridgehead atoms. The lowest BCUT2D eigenvalue weighted by molar-refractivity contribution is -0.124. The highest BCUT2D eigenvalue weighted by molar-refractivity contribution is 5.79. The molecule has 1 aromatic heterocycles. The molecule has 1 aromatic rings. The van der Waals surface area contributed by atoms with Crippen molar-refractivity contribution in [3.63, 3.8) is 0 Å². The summed E-state index contributed by atoms with van der Waals surface area (Å²) in [6.07, 6.45) is 1.95. The molecule has 0 radical (unpaired) electrons. The molecule has 5 heteroatoms. The van der Waals surface area contributed by atoms with E-state index < -0.39 is 0 Å². The lowest BCUT2D eigenvalue weighted by Gasteiger charge is -2.32. The summed E-state index contributed by atoms with van der Waals surface area (Å²) in [6.45, 7) is 5.58. The van der Waals surface area contributed by atoms with Crippen molar-refractivity contribution in [1.29, 1.82) is 0 Å². The Kier molecular flexibility index (Phi) is 3.79. The van der Waals surface area contributed by atoms with Gasteiger partial charge in [0.15, 0.2) is 0 Å². The van der Waals surface area contributed by atoms with E-state index in [4.69, 9.17) is 0 Å². The van der Waals surface area contributed by atoms with E-state index in [9.17, 15) is 4.79 Å². The van der Waals surface area contributed by atoms with Crippen LogP contribution in [-0.4, -0.2) is 36.0 Å². The smallest absolute Gasteiger partial charge is 0.225 e. The van der Waals surface area contributed by atoms with Crippen LogP contribution in [-0.2, 0) is 4.79 Å². The normalized spacial score (nSPS) is 19.7. The summed E-state index contributed by atoms with van der Waals surface area (Å²) in [5.74, 6) is 0.915. The number of aryl methyl sites for hydroxylation is 2. The van der Waals surface area contributed by atoms with Crippen LogP contribution >= 0.6 is 0 Å². The molecule has 0 spiro atoms. The molecule has 0 unspecified atom stereocenters. The number of anilines is 1. The van der Waals surface area contributed by atoms with Crippen LogP contribution in [0.15, 0.2) is 6.07 Å². The number of nitrogens with one attached hydrogen (secondary N) is 1. The van der Waals surface area contributed by atoms with Gasteiger partial charge in [-0.1, -0.05) is 0 Å². The van der Waals surface area contributed by atoms with Crippen LogP contribution in [0.1, 0.15) is 24.2 Å². The van der Waals surface area contributed by atoms with E-state index in [1.54, 1.807) is 7.05 Å².